The number of anilines is 3. The number of nitrogen functional groups attached to an aromatic ring is 1. The average molecular weight is 512 g/mol. The second kappa shape index (κ2) is 9.85. The molecule has 1 atom stereocenters. The quantitative estimate of drug-likeness (QED) is 0.351. The van der Waals surface area contributed by atoms with Gasteiger partial charge < -0.3 is 25.8 Å². The maximum atomic E-state index is 13.2. The third kappa shape index (κ3) is 5.15. The van der Waals surface area contributed by atoms with E-state index in [9.17, 15) is 13.2 Å². The highest BCUT2D eigenvalue weighted by atomic mass is 19.4. The normalized spacial score (nSPS) is 15.8. The van der Waals surface area contributed by atoms with E-state index < -0.39 is 11.7 Å². The summed E-state index contributed by atoms with van der Waals surface area (Å²) in [6.07, 6.45) is 1.11. The van der Waals surface area contributed by atoms with Crippen molar-refractivity contribution in [3.63, 3.8) is 0 Å². The lowest BCUT2D eigenvalue weighted by Gasteiger charge is -2.34. The van der Waals surface area contributed by atoms with Crippen molar-refractivity contribution in [1.29, 1.82) is 0 Å². The van der Waals surface area contributed by atoms with Crippen LogP contribution in [0.15, 0.2) is 43.0 Å². The third-order valence-electron chi connectivity index (χ3n) is 6.69. The minimum Gasteiger partial charge on any atom is -0.396 e. The van der Waals surface area contributed by atoms with Gasteiger partial charge >= 0.3 is 6.18 Å². The number of pyridine rings is 2. The molecule has 4 aromatic rings. The van der Waals surface area contributed by atoms with E-state index in [0.29, 0.717) is 22.9 Å². The van der Waals surface area contributed by atoms with Gasteiger partial charge in [0.25, 0.3) is 0 Å². The Labute approximate surface area is 211 Å². The summed E-state index contributed by atoms with van der Waals surface area (Å²) in [4.78, 5) is 24.9. The number of aromatic amines is 1. The maximum Gasteiger partial charge on any atom is 0.417 e. The maximum absolute atomic E-state index is 13.2. The molecule has 5 rings (SSSR count). The SMILES string of the molecule is CCN1CCN(c2ccc([C@@H](C)Nc3ncc(N)c(-c4c[nH]c5ncc(C(F)(F)F)cc45)n3)cn2)CC1. The van der Waals surface area contributed by atoms with Gasteiger partial charge in [-0.05, 0) is 31.2 Å². The molecule has 1 saturated heterocycles. The molecule has 0 spiro atoms. The number of nitrogens with zero attached hydrogens (tertiary/aromatic N) is 6. The number of nitrogens with two attached hydrogens (primary N) is 1. The zero-order valence-corrected chi connectivity index (χ0v) is 20.5. The van der Waals surface area contributed by atoms with Crippen LogP contribution in [0.5, 0.6) is 0 Å². The van der Waals surface area contributed by atoms with Crippen LogP contribution in [0.2, 0.25) is 0 Å². The lowest BCUT2D eigenvalue weighted by Crippen LogP contribution is -2.46. The van der Waals surface area contributed by atoms with E-state index in [1.807, 2.05) is 25.3 Å². The van der Waals surface area contributed by atoms with Crippen LogP contribution in [0.4, 0.5) is 30.6 Å². The number of hydrogen-bond donors (Lipinski definition) is 3. The topological polar surface area (TPSA) is 112 Å². The van der Waals surface area contributed by atoms with Crippen LogP contribution in [0.1, 0.15) is 31.0 Å². The van der Waals surface area contributed by atoms with Crippen molar-refractivity contribution in [1.82, 2.24) is 29.8 Å². The van der Waals surface area contributed by atoms with Crippen molar-refractivity contribution in [2.75, 3.05) is 48.7 Å². The van der Waals surface area contributed by atoms with Gasteiger partial charge in [-0.25, -0.2) is 19.9 Å². The molecule has 1 aliphatic heterocycles. The Morgan fingerprint density at radius 1 is 1.08 bits per heavy atom. The van der Waals surface area contributed by atoms with Crippen molar-refractivity contribution >= 4 is 28.5 Å². The van der Waals surface area contributed by atoms with Crippen LogP contribution in [-0.2, 0) is 6.18 Å². The summed E-state index contributed by atoms with van der Waals surface area (Å²) in [6.45, 7) is 9.14. The Morgan fingerprint density at radius 2 is 1.86 bits per heavy atom. The summed E-state index contributed by atoms with van der Waals surface area (Å²) in [5.41, 5.74) is 7.50. The van der Waals surface area contributed by atoms with Gasteiger partial charge in [0.15, 0.2) is 0 Å². The van der Waals surface area contributed by atoms with E-state index in [0.717, 1.165) is 56.4 Å². The van der Waals surface area contributed by atoms with Gasteiger partial charge in [0.05, 0.1) is 23.5 Å². The van der Waals surface area contributed by atoms with Crippen LogP contribution in [-0.4, -0.2) is 62.5 Å². The largest absolute Gasteiger partial charge is 0.417 e. The predicted octanol–water partition coefficient (Wildman–Crippen LogP) is 4.33. The van der Waals surface area contributed by atoms with Gasteiger partial charge in [-0.2, -0.15) is 13.2 Å². The Kier molecular flexibility index (Phi) is 6.59. The first-order chi connectivity index (χ1) is 17.7. The fourth-order valence-electron chi connectivity index (χ4n) is 4.44. The molecule has 0 aromatic carbocycles. The van der Waals surface area contributed by atoms with Crippen LogP contribution in [0.3, 0.4) is 0 Å². The van der Waals surface area contributed by atoms with Crippen molar-refractivity contribution in [2.24, 2.45) is 0 Å². The van der Waals surface area contributed by atoms with E-state index >= 15 is 0 Å². The molecule has 194 valence electrons. The Bertz CT molecular complexity index is 1380. The van der Waals surface area contributed by atoms with Gasteiger partial charge in [-0.3, -0.25) is 0 Å². The van der Waals surface area contributed by atoms with Crippen molar-refractivity contribution in [2.45, 2.75) is 26.1 Å². The van der Waals surface area contributed by atoms with Crippen molar-refractivity contribution in [3.8, 4) is 11.3 Å². The van der Waals surface area contributed by atoms with E-state index in [1.54, 1.807) is 6.20 Å². The lowest BCUT2D eigenvalue weighted by molar-refractivity contribution is -0.137. The van der Waals surface area contributed by atoms with E-state index in [4.69, 9.17) is 5.73 Å². The van der Waals surface area contributed by atoms with Crippen LogP contribution in [0.25, 0.3) is 22.3 Å². The Morgan fingerprint density at radius 3 is 2.54 bits per heavy atom. The Balaban J connectivity index is 1.34. The summed E-state index contributed by atoms with van der Waals surface area (Å²) in [6, 6.07) is 4.91. The number of piperazine rings is 1. The molecule has 12 heteroatoms. The summed E-state index contributed by atoms with van der Waals surface area (Å²) >= 11 is 0. The van der Waals surface area contributed by atoms with Crippen LogP contribution in [0, 0.1) is 0 Å². The van der Waals surface area contributed by atoms with E-state index in [-0.39, 0.29) is 17.1 Å². The van der Waals surface area contributed by atoms with Gasteiger partial charge in [-0.15, -0.1) is 0 Å². The fourth-order valence-corrected chi connectivity index (χ4v) is 4.44. The lowest BCUT2D eigenvalue weighted by atomic mass is 10.1. The summed E-state index contributed by atoms with van der Waals surface area (Å²) in [5.74, 6) is 1.25. The van der Waals surface area contributed by atoms with Crippen molar-refractivity contribution in [3.05, 3.63) is 54.1 Å². The van der Waals surface area contributed by atoms with E-state index in [1.165, 1.54) is 6.20 Å². The zero-order valence-electron chi connectivity index (χ0n) is 20.5. The molecule has 4 N–H and O–H groups in total. The first-order valence-electron chi connectivity index (χ1n) is 12.1. The fraction of sp³-hybridized carbons (Fsp3) is 0.360. The van der Waals surface area contributed by atoms with Crippen LogP contribution < -0.4 is 16.0 Å². The molecule has 0 aliphatic carbocycles. The van der Waals surface area contributed by atoms with Crippen molar-refractivity contribution < 1.29 is 13.2 Å². The smallest absolute Gasteiger partial charge is 0.396 e. The average Bonchev–Trinajstić information content (AvgIpc) is 3.32. The highest BCUT2D eigenvalue weighted by molar-refractivity contribution is 5.95. The molecule has 5 heterocycles. The molecule has 0 saturated carbocycles. The monoisotopic (exact) mass is 511 g/mol. The number of fused-ring (bicyclic) bond motifs is 1. The number of nitrogens with one attached hydrogen (secondary N) is 2. The summed E-state index contributed by atoms with van der Waals surface area (Å²) in [7, 11) is 0. The number of H-pyrrole nitrogens is 1. The second-order valence-electron chi connectivity index (χ2n) is 9.05. The molecule has 4 aromatic heterocycles. The third-order valence-corrected chi connectivity index (χ3v) is 6.69. The molecule has 0 radical (unpaired) electrons. The van der Waals surface area contributed by atoms with Gasteiger partial charge in [0.1, 0.15) is 17.2 Å². The second-order valence-corrected chi connectivity index (χ2v) is 9.05. The number of aromatic nitrogens is 5. The zero-order chi connectivity index (χ0) is 26.2. The first kappa shape index (κ1) is 24.8. The molecular weight excluding hydrogens is 483 g/mol. The number of halogens is 3. The molecule has 0 unspecified atom stereocenters. The Hall–Kier alpha value is -3.93. The molecule has 1 aliphatic rings. The molecule has 37 heavy (non-hydrogen) atoms. The predicted molar refractivity (Wildman–Crippen MR) is 137 cm³/mol. The molecule has 9 nitrogen and oxygen atoms in total. The standard InChI is InChI=1S/C25H28F3N9/c1-3-36-6-8-37(9-7-36)21-5-4-16(11-30-21)15(2)34-24-33-14-20(29)22(35-24)19-13-32-23-18(19)10-17(12-31-23)25(26,27)28/h4-5,10-15H,3,6-9,29H2,1-2H3,(H,31,32)(H,33,34,35)/t15-/m1/s1. The minimum absolute atomic E-state index is 0.170. The number of likely N-dealkylation sites (N-methyl/N-ethyl adjacent to an activating group) is 1. The van der Waals surface area contributed by atoms with Crippen LogP contribution >= 0.6 is 0 Å². The molecular formula is C25H28F3N9. The molecule has 0 amide bonds. The first-order valence-corrected chi connectivity index (χ1v) is 12.1. The van der Waals surface area contributed by atoms with Gasteiger partial charge in [-0.1, -0.05) is 13.0 Å². The highest BCUT2D eigenvalue weighted by Gasteiger charge is 2.31. The number of alkyl halides is 3. The molecule has 0 bridgehead atoms. The molecule has 1 fully saturated rings. The van der Waals surface area contributed by atoms with E-state index in [2.05, 4.69) is 47.0 Å². The number of hydrogen-bond acceptors (Lipinski definition) is 8. The highest BCUT2D eigenvalue weighted by Crippen LogP contribution is 2.35. The summed E-state index contributed by atoms with van der Waals surface area (Å²) < 4.78 is 39.7. The van der Waals surface area contributed by atoms with Gasteiger partial charge in [0, 0.05) is 55.7 Å². The number of rotatable bonds is 6. The van der Waals surface area contributed by atoms with Gasteiger partial charge in [0.2, 0.25) is 5.95 Å². The summed E-state index contributed by atoms with van der Waals surface area (Å²) in [5, 5.41) is 3.52. The minimum atomic E-state index is -4.51.